The van der Waals surface area contributed by atoms with Crippen LogP contribution in [0.2, 0.25) is 0 Å². The van der Waals surface area contributed by atoms with Crippen LogP contribution in [-0.4, -0.2) is 60.6 Å². The molecule has 0 bridgehead atoms. The molecule has 230 valence electrons. The van der Waals surface area contributed by atoms with Crippen molar-refractivity contribution in [1.82, 2.24) is 35.0 Å². The van der Waals surface area contributed by atoms with Crippen LogP contribution in [0.4, 0.5) is 17.6 Å². The van der Waals surface area contributed by atoms with Gasteiger partial charge in [0, 0.05) is 37.1 Å². The van der Waals surface area contributed by atoms with E-state index in [9.17, 15) is 32.3 Å². The number of nitrogens with one attached hydrogen (secondary N) is 2. The van der Waals surface area contributed by atoms with E-state index in [1.165, 1.54) is 23.0 Å². The zero-order valence-electron chi connectivity index (χ0n) is 23.6. The molecule has 0 spiro atoms. The first kappa shape index (κ1) is 31.4. The number of imidazole rings is 1. The summed E-state index contributed by atoms with van der Waals surface area (Å²) in [7, 11) is 0. The summed E-state index contributed by atoms with van der Waals surface area (Å²) in [5.74, 6) is -4.55. The molecule has 3 atom stereocenters. The Morgan fingerprint density at radius 2 is 1.88 bits per heavy atom. The molecule has 2 amide bonds. The zero-order valence-corrected chi connectivity index (χ0v) is 23.6. The van der Waals surface area contributed by atoms with E-state index in [0.29, 0.717) is 17.0 Å². The Balaban J connectivity index is 1.53. The molecule has 42 heavy (non-hydrogen) atoms. The second-order valence-corrected chi connectivity index (χ2v) is 11.2. The molecule has 0 saturated heterocycles. The SMILES string of the molecule is CC(C)n1nccc1C(=O)N[C@H](c1cn2ncc([C@@H](O)NC(=O)CC[C@H](CF)CCF)cc2n1)C1CCC(F)(F)CC1. The molecule has 1 fully saturated rings. The highest BCUT2D eigenvalue weighted by Crippen LogP contribution is 2.41. The van der Waals surface area contributed by atoms with Crippen molar-refractivity contribution in [2.24, 2.45) is 11.8 Å². The lowest BCUT2D eigenvalue weighted by molar-refractivity contribution is -0.124. The Kier molecular flexibility index (Phi) is 10.2. The van der Waals surface area contributed by atoms with Crippen LogP contribution in [0, 0.1) is 11.8 Å². The van der Waals surface area contributed by atoms with Gasteiger partial charge in [0.15, 0.2) is 11.9 Å². The van der Waals surface area contributed by atoms with Crippen LogP contribution in [0.3, 0.4) is 0 Å². The maximum atomic E-state index is 14.0. The van der Waals surface area contributed by atoms with E-state index in [0.717, 1.165) is 0 Å². The van der Waals surface area contributed by atoms with Crippen molar-refractivity contribution >= 4 is 17.5 Å². The number of alkyl halides is 4. The summed E-state index contributed by atoms with van der Waals surface area (Å²) in [5, 5.41) is 24.4. The van der Waals surface area contributed by atoms with Gasteiger partial charge in [0.25, 0.3) is 5.91 Å². The molecule has 3 heterocycles. The lowest BCUT2D eigenvalue weighted by atomic mass is 9.81. The molecular weight excluding hydrogens is 558 g/mol. The van der Waals surface area contributed by atoms with E-state index in [4.69, 9.17) is 0 Å². The van der Waals surface area contributed by atoms with Crippen molar-refractivity contribution in [2.45, 2.75) is 83.0 Å². The summed E-state index contributed by atoms with van der Waals surface area (Å²) < 4.78 is 56.4. The Morgan fingerprint density at radius 3 is 2.55 bits per heavy atom. The van der Waals surface area contributed by atoms with Crippen molar-refractivity contribution in [3.63, 3.8) is 0 Å². The lowest BCUT2D eigenvalue weighted by Gasteiger charge is -2.33. The highest BCUT2D eigenvalue weighted by Gasteiger charge is 2.39. The number of carbonyl (C=O) groups is 2. The number of halogens is 4. The summed E-state index contributed by atoms with van der Waals surface area (Å²) >= 11 is 0. The fraction of sp³-hybridized carbons (Fsp3) is 0.607. The molecule has 10 nitrogen and oxygen atoms in total. The predicted molar refractivity (Wildman–Crippen MR) is 145 cm³/mol. The number of hydrogen-bond acceptors (Lipinski definition) is 6. The van der Waals surface area contributed by atoms with Gasteiger partial charge in [-0.1, -0.05) is 0 Å². The first-order valence-corrected chi connectivity index (χ1v) is 14.2. The number of carbonyl (C=O) groups excluding carboxylic acids is 2. The molecule has 0 unspecified atom stereocenters. The van der Waals surface area contributed by atoms with Gasteiger partial charge in [-0.05, 0) is 63.5 Å². The fourth-order valence-corrected chi connectivity index (χ4v) is 5.26. The minimum Gasteiger partial charge on any atom is -0.369 e. The molecule has 3 N–H and O–H groups in total. The smallest absolute Gasteiger partial charge is 0.270 e. The summed E-state index contributed by atoms with van der Waals surface area (Å²) in [6.07, 6.45) is 2.93. The monoisotopic (exact) mass is 595 g/mol. The predicted octanol–water partition coefficient (Wildman–Crippen LogP) is 4.64. The average Bonchev–Trinajstić information content (AvgIpc) is 3.61. The number of aliphatic hydroxyl groups excluding tert-OH is 1. The molecule has 3 aromatic heterocycles. The molecule has 3 aromatic rings. The Morgan fingerprint density at radius 1 is 1.14 bits per heavy atom. The molecule has 0 aromatic carbocycles. The highest BCUT2D eigenvalue weighted by atomic mass is 19.3. The summed E-state index contributed by atoms with van der Waals surface area (Å²) in [6, 6.07) is 2.34. The number of rotatable bonds is 13. The van der Waals surface area contributed by atoms with Gasteiger partial charge in [0.1, 0.15) is 5.69 Å². The van der Waals surface area contributed by atoms with Gasteiger partial charge in [0.05, 0.1) is 37.5 Å². The first-order chi connectivity index (χ1) is 20.0. The summed E-state index contributed by atoms with van der Waals surface area (Å²) in [4.78, 5) is 30.2. The average molecular weight is 596 g/mol. The number of amides is 2. The largest absolute Gasteiger partial charge is 0.369 e. The van der Waals surface area contributed by atoms with E-state index in [-0.39, 0.29) is 62.5 Å². The van der Waals surface area contributed by atoms with Crippen molar-refractivity contribution in [3.8, 4) is 0 Å². The topological polar surface area (TPSA) is 126 Å². The highest BCUT2D eigenvalue weighted by molar-refractivity contribution is 5.92. The van der Waals surface area contributed by atoms with E-state index in [1.807, 2.05) is 13.8 Å². The van der Waals surface area contributed by atoms with Crippen LogP contribution in [0.1, 0.15) is 98.9 Å². The molecule has 1 aliphatic rings. The molecular formula is C28H37F4N7O3. The third kappa shape index (κ3) is 7.64. The van der Waals surface area contributed by atoms with Crippen molar-refractivity contribution < 1.29 is 32.3 Å². The minimum absolute atomic E-state index is 0.0290. The zero-order chi connectivity index (χ0) is 30.4. The molecule has 4 rings (SSSR count). The number of hydrogen-bond donors (Lipinski definition) is 3. The fourth-order valence-electron chi connectivity index (χ4n) is 5.26. The number of fused-ring (bicyclic) bond motifs is 1. The quantitative estimate of drug-likeness (QED) is 0.195. The summed E-state index contributed by atoms with van der Waals surface area (Å²) in [6.45, 7) is 2.38. The Hall–Kier alpha value is -3.55. The van der Waals surface area contributed by atoms with Gasteiger partial charge >= 0.3 is 0 Å². The van der Waals surface area contributed by atoms with Crippen molar-refractivity contribution in [1.29, 1.82) is 0 Å². The maximum Gasteiger partial charge on any atom is 0.270 e. The Bertz CT molecular complexity index is 1350. The number of aliphatic hydroxyl groups is 1. The molecule has 14 heteroatoms. The first-order valence-electron chi connectivity index (χ1n) is 14.2. The number of aromatic nitrogens is 5. The van der Waals surface area contributed by atoms with Crippen molar-refractivity contribution in [3.05, 3.63) is 47.7 Å². The van der Waals surface area contributed by atoms with Crippen LogP contribution in [0.5, 0.6) is 0 Å². The van der Waals surface area contributed by atoms with Gasteiger partial charge in [-0.15, -0.1) is 0 Å². The van der Waals surface area contributed by atoms with E-state index in [2.05, 4.69) is 25.8 Å². The molecule has 1 aliphatic carbocycles. The molecule has 0 radical (unpaired) electrons. The van der Waals surface area contributed by atoms with Gasteiger partial charge in [-0.3, -0.25) is 23.1 Å². The molecule has 0 aliphatic heterocycles. The van der Waals surface area contributed by atoms with Gasteiger partial charge in [-0.25, -0.2) is 18.3 Å². The van der Waals surface area contributed by atoms with Crippen LogP contribution in [0.15, 0.2) is 30.7 Å². The van der Waals surface area contributed by atoms with E-state index in [1.54, 1.807) is 16.9 Å². The minimum atomic E-state index is -2.75. The van der Waals surface area contributed by atoms with Gasteiger partial charge in [-0.2, -0.15) is 10.2 Å². The van der Waals surface area contributed by atoms with Gasteiger partial charge in [0.2, 0.25) is 11.8 Å². The second kappa shape index (κ2) is 13.6. The third-order valence-electron chi connectivity index (χ3n) is 7.72. The normalized spacial score (nSPS) is 17.7. The Labute approximate surface area is 240 Å². The van der Waals surface area contributed by atoms with Crippen molar-refractivity contribution in [2.75, 3.05) is 13.3 Å². The van der Waals surface area contributed by atoms with Crippen LogP contribution >= 0.6 is 0 Å². The summed E-state index contributed by atoms with van der Waals surface area (Å²) in [5.41, 5.74) is 1.30. The van der Waals surface area contributed by atoms with Crippen LogP contribution in [0.25, 0.3) is 5.65 Å². The van der Waals surface area contributed by atoms with Crippen LogP contribution < -0.4 is 10.6 Å². The second-order valence-electron chi connectivity index (χ2n) is 11.2. The lowest BCUT2D eigenvalue weighted by Crippen LogP contribution is -2.38. The van der Waals surface area contributed by atoms with E-state index >= 15 is 0 Å². The molecule has 1 saturated carbocycles. The van der Waals surface area contributed by atoms with Crippen LogP contribution in [-0.2, 0) is 4.79 Å². The standard InChI is InChI=1S/C28H37F4N7O3/c1-17(2)39-22(8-12-33-39)27(42)37-25(19-5-9-28(31,32)10-6-19)21-16-38-23(35-21)13-20(15-34-38)26(41)36-24(40)4-3-18(14-30)7-11-29/h8,12-13,15-19,25-26,41H,3-7,9-11,14H2,1-2H3,(H,36,40)(H,37,42)/t18-,25-,26+/m0/s1. The third-order valence-corrected chi connectivity index (χ3v) is 7.72. The van der Waals surface area contributed by atoms with Gasteiger partial charge < -0.3 is 15.7 Å². The van der Waals surface area contributed by atoms with E-state index < -0.39 is 49.3 Å². The number of nitrogens with zero attached hydrogens (tertiary/aromatic N) is 5. The maximum absolute atomic E-state index is 14.0.